The molecule has 4 unspecified atom stereocenters. The highest BCUT2D eigenvalue weighted by atomic mass is 16.5. The molecule has 8 atom stereocenters. The lowest BCUT2D eigenvalue weighted by atomic mass is 9.45. The first-order valence-electron chi connectivity index (χ1n) is 18.0. The molecule has 0 aromatic carbocycles. The van der Waals surface area contributed by atoms with E-state index in [1.165, 1.54) is 64.2 Å². The minimum Gasteiger partial charge on any atom is -0.458 e. The average Bonchev–Trinajstić information content (AvgIpc) is 3.25. The lowest BCUT2D eigenvalue weighted by Crippen LogP contribution is -2.62. The van der Waals surface area contributed by atoms with Crippen molar-refractivity contribution in [1.29, 1.82) is 0 Å². The van der Waals surface area contributed by atoms with E-state index in [1.54, 1.807) is 12.2 Å². The zero-order valence-electron chi connectivity index (χ0n) is 28.1. The van der Waals surface area contributed by atoms with Crippen molar-refractivity contribution in [3.8, 4) is 0 Å². The van der Waals surface area contributed by atoms with Crippen LogP contribution in [0.5, 0.6) is 0 Å². The number of allylic oxidation sites excluding steroid dienone is 4. The second-order valence-corrected chi connectivity index (χ2v) is 15.2. The molecule has 3 fully saturated rings. The molecule has 44 heavy (non-hydrogen) atoms. The van der Waals surface area contributed by atoms with Crippen LogP contribution in [0.2, 0.25) is 0 Å². The number of hydrogen-bond acceptors (Lipinski definition) is 6. The number of aliphatic hydroxyl groups excluding tert-OH is 1. The van der Waals surface area contributed by atoms with Crippen LogP contribution < -0.4 is 0 Å². The zero-order chi connectivity index (χ0) is 32.0. The second-order valence-electron chi connectivity index (χ2n) is 15.2. The lowest BCUT2D eigenvalue weighted by Gasteiger charge is -2.60. The Morgan fingerprint density at radius 1 is 0.955 bits per heavy atom. The minimum atomic E-state index is -1.63. The molecule has 4 rings (SSSR count). The van der Waals surface area contributed by atoms with Crippen LogP contribution in [0.15, 0.2) is 23.8 Å². The number of aliphatic hydroxyl groups is 2. The number of ketones is 2. The maximum Gasteiger partial charge on any atom is 0.306 e. The van der Waals surface area contributed by atoms with Crippen LogP contribution in [0.4, 0.5) is 0 Å². The van der Waals surface area contributed by atoms with Gasteiger partial charge in [-0.05, 0) is 62.0 Å². The summed E-state index contributed by atoms with van der Waals surface area (Å²) in [6.45, 7) is 8.07. The van der Waals surface area contributed by atoms with Gasteiger partial charge in [0.05, 0.1) is 6.10 Å². The van der Waals surface area contributed by atoms with Gasteiger partial charge in [0, 0.05) is 23.2 Å². The van der Waals surface area contributed by atoms with Crippen molar-refractivity contribution in [1.82, 2.24) is 0 Å². The number of esters is 1. The summed E-state index contributed by atoms with van der Waals surface area (Å²) < 4.78 is 5.40. The molecule has 0 bridgehead atoms. The number of ether oxygens (including phenoxy) is 1. The van der Waals surface area contributed by atoms with Gasteiger partial charge in [-0.25, -0.2) is 0 Å². The van der Waals surface area contributed by atoms with E-state index >= 15 is 0 Å². The summed E-state index contributed by atoms with van der Waals surface area (Å²) in [7, 11) is 0. The molecule has 0 aliphatic heterocycles. The van der Waals surface area contributed by atoms with E-state index in [-0.39, 0.29) is 35.4 Å². The van der Waals surface area contributed by atoms with Gasteiger partial charge in [-0.2, -0.15) is 0 Å². The van der Waals surface area contributed by atoms with E-state index in [4.69, 9.17) is 4.74 Å². The quantitative estimate of drug-likeness (QED) is 0.128. The standard InChI is InChI=1S/C38H60O6/c1-5-6-7-8-9-10-11-12-13-14-15-16-17-18-34(42)44-26-33(41)38(43)22-20-30-29-23-27(2)31-24-28(39)19-21-36(31,3)35(29)32(40)25-37(30,38)4/h19,21,24,27,29-30,32,35,40,43H,5-18,20,22-23,25-26H2,1-4H3/t27-,29?,30?,32?,35?,36-,37-,38-/m0/s1. The van der Waals surface area contributed by atoms with Crippen molar-refractivity contribution >= 4 is 17.5 Å². The van der Waals surface area contributed by atoms with Gasteiger partial charge in [-0.15, -0.1) is 0 Å². The lowest BCUT2D eigenvalue weighted by molar-refractivity contribution is -0.182. The molecule has 0 spiro atoms. The monoisotopic (exact) mass is 612 g/mol. The molecule has 248 valence electrons. The molecule has 0 saturated heterocycles. The molecule has 0 aromatic rings. The fourth-order valence-electron chi connectivity index (χ4n) is 9.84. The Labute approximate surface area is 266 Å². The molecule has 0 heterocycles. The third-order valence-corrected chi connectivity index (χ3v) is 12.3. The van der Waals surface area contributed by atoms with E-state index in [0.29, 0.717) is 25.7 Å². The SMILES string of the molecule is CCCCCCCCCCCCCCCC(=O)OCC(=O)[C@@]1(O)CCC2C3C[C@H](C)C4=CC(=O)C=C[C@]4(C)C3C(O)C[C@@]21C. The highest BCUT2D eigenvalue weighted by Crippen LogP contribution is 2.67. The van der Waals surface area contributed by atoms with Crippen LogP contribution in [0, 0.1) is 34.5 Å². The predicted octanol–water partition coefficient (Wildman–Crippen LogP) is 7.84. The zero-order valence-corrected chi connectivity index (χ0v) is 28.1. The minimum absolute atomic E-state index is 0.00221. The number of hydrogen-bond donors (Lipinski definition) is 2. The van der Waals surface area contributed by atoms with E-state index in [2.05, 4.69) is 20.8 Å². The number of carbonyl (C=O) groups excluding carboxylic acids is 3. The average molecular weight is 613 g/mol. The summed E-state index contributed by atoms with van der Waals surface area (Å²) in [4.78, 5) is 38.2. The summed E-state index contributed by atoms with van der Waals surface area (Å²) in [5.74, 6) is -0.506. The highest BCUT2D eigenvalue weighted by molar-refractivity contribution is 6.01. The first-order valence-corrected chi connectivity index (χ1v) is 18.0. The van der Waals surface area contributed by atoms with Crippen LogP contribution in [-0.2, 0) is 19.1 Å². The number of rotatable bonds is 17. The molecule has 3 saturated carbocycles. The third-order valence-electron chi connectivity index (χ3n) is 12.3. The van der Waals surface area contributed by atoms with Gasteiger partial charge >= 0.3 is 5.97 Å². The number of unbranched alkanes of at least 4 members (excludes halogenated alkanes) is 12. The first-order chi connectivity index (χ1) is 21.0. The normalized spacial score (nSPS) is 35.9. The number of Topliss-reactive ketones (excluding diaryl/α,β-unsaturated/α-hetero) is 1. The molecular weight excluding hydrogens is 552 g/mol. The Balaban J connectivity index is 1.20. The molecule has 0 aromatic heterocycles. The van der Waals surface area contributed by atoms with Crippen LogP contribution in [0.3, 0.4) is 0 Å². The summed E-state index contributed by atoms with van der Waals surface area (Å²) >= 11 is 0. The largest absolute Gasteiger partial charge is 0.458 e. The maximum absolute atomic E-state index is 13.5. The van der Waals surface area contributed by atoms with Gasteiger partial charge < -0.3 is 14.9 Å². The Morgan fingerprint density at radius 2 is 1.55 bits per heavy atom. The first kappa shape index (κ1) is 35.1. The van der Waals surface area contributed by atoms with Crippen molar-refractivity contribution in [2.45, 2.75) is 155 Å². The molecule has 0 amide bonds. The van der Waals surface area contributed by atoms with Crippen molar-refractivity contribution < 1.29 is 29.3 Å². The maximum atomic E-state index is 13.5. The topological polar surface area (TPSA) is 101 Å². The Hall–Kier alpha value is -1.79. The van der Waals surface area contributed by atoms with Crippen LogP contribution in [0.1, 0.15) is 143 Å². The van der Waals surface area contributed by atoms with Crippen LogP contribution >= 0.6 is 0 Å². The molecule has 0 radical (unpaired) electrons. The fourth-order valence-corrected chi connectivity index (χ4v) is 9.84. The molecule has 6 nitrogen and oxygen atoms in total. The summed E-state index contributed by atoms with van der Waals surface area (Å²) in [6.07, 6.45) is 23.2. The highest BCUT2D eigenvalue weighted by Gasteiger charge is 2.68. The smallest absolute Gasteiger partial charge is 0.306 e. The van der Waals surface area contributed by atoms with Gasteiger partial charge in [-0.1, -0.05) is 116 Å². The number of carbonyl (C=O) groups is 3. The predicted molar refractivity (Wildman–Crippen MR) is 174 cm³/mol. The Morgan fingerprint density at radius 3 is 2.16 bits per heavy atom. The van der Waals surface area contributed by atoms with E-state index in [1.807, 2.05) is 13.0 Å². The van der Waals surface area contributed by atoms with E-state index < -0.39 is 34.9 Å². The Kier molecular flexibility index (Phi) is 12.1. The van der Waals surface area contributed by atoms with Crippen molar-refractivity contribution in [2.75, 3.05) is 6.61 Å². The molecule has 4 aliphatic rings. The molecular formula is C38H60O6. The third kappa shape index (κ3) is 7.27. The molecule has 6 heteroatoms. The van der Waals surface area contributed by atoms with Crippen molar-refractivity contribution in [3.05, 3.63) is 23.8 Å². The van der Waals surface area contributed by atoms with Crippen LogP contribution in [0.25, 0.3) is 0 Å². The van der Waals surface area contributed by atoms with E-state index in [0.717, 1.165) is 31.3 Å². The molecule has 4 aliphatic carbocycles. The van der Waals surface area contributed by atoms with Gasteiger partial charge in [0.25, 0.3) is 0 Å². The molecule has 2 N–H and O–H groups in total. The van der Waals surface area contributed by atoms with Gasteiger partial charge in [-0.3, -0.25) is 14.4 Å². The van der Waals surface area contributed by atoms with E-state index in [9.17, 15) is 24.6 Å². The second kappa shape index (κ2) is 15.2. The summed E-state index contributed by atoms with van der Waals surface area (Å²) in [5, 5.41) is 23.5. The van der Waals surface area contributed by atoms with Gasteiger partial charge in [0.2, 0.25) is 5.78 Å². The fraction of sp³-hybridized carbons (Fsp3) is 0.816. The van der Waals surface area contributed by atoms with Crippen LogP contribution in [-0.4, -0.2) is 46.1 Å². The number of fused-ring (bicyclic) bond motifs is 5. The van der Waals surface area contributed by atoms with Gasteiger partial charge in [0.1, 0.15) is 5.60 Å². The Bertz CT molecular complexity index is 1080. The summed E-state index contributed by atoms with van der Waals surface area (Å²) in [5.41, 5.74) is -1.74. The summed E-state index contributed by atoms with van der Waals surface area (Å²) in [6, 6.07) is 0. The van der Waals surface area contributed by atoms with Crippen molar-refractivity contribution in [3.63, 3.8) is 0 Å². The van der Waals surface area contributed by atoms with Gasteiger partial charge in [0.15, 0.2) is 12.4 Å². The van der Waals surface area contributed by atoms with Crippen molar-refractivity contribution in [2.24, 2.45) is 34.5 Å².